The van der Waals surface area contributed by atoms with Crippen LogP contribution in [0.4, 0.5) is 4.79 Å². The van der Waals surface area contributed by atoms with Crippen molar-refractivity contribution < 1.29 is 4.79 Å². The molecule has 110 valence electrons. The Kier molecular flexibility index (Phi) is 5.53. The molecule has 0 heterocycles. The molecule has 0 bridgehead atoms. The molecule has 0 aliphatic heterocycles. The lowest BCUT2D eigenvalue weighted by molar-refractivity contribution is 0.167. The first-order valence-electron chi connectivity index (χ1n) is 8.24. The van der Waals surface area contributed by atoms with Crippen LogP contribution in [0.25, 0.3) is 0 Å². The maximum absolute atomic E-state index is 12.5. The van der Waals surface area contributed by atoms with Gasteiger partial charge in [0.05, 0.1) is 0 Å². The molecule has 0 unspecified atom stereocenters. The van der Waals surface area contributed by atoms with Crippen molar-refractivity contribution in [3.05, 3.63) is 0 Å². The SMILES string of the molecule is CC(C)CCN(C(=O)NC1CCCC1)C1CCCC1. The van der Waals surface area contributed by atoms with E-state index in [1.807, 2.05) is 0 Å². The quantitative estimate of drug-likeness (QED) is 0.803. The van der Waals surface area contributed by atoms with Crippen molar-refractivity contribution in [1.29, 1.82) is 0 Å². The highest BCUT2D eigenvalue weighted by molar-refractivity contribution is 5.75. The predicted molar refractivity (Wildman–Crippen MR) is 79.2 cm³/mol. The molecule has 2 aliphatic rings. The summed E-state index contributed by atoms with van der Waals surface area (Å²) in [5.41, 5.74) is 0. The highest BCUT2D eigenvalue weighted by atomic mass is 16.2. The lowest BCUT2D eigenvalue weighted by atomic mass is 10.1. The second-order valence-corrected chi connectivity index (χ2v) is 6.75. The minimum atomic E-state index is 0.208. The summed E-state index contributed by atoms with van der Waals surface area (Å²) in [7, 11) is 0. The maximum atomic E-state index is 12.5. The fraction of sp³-hybridized carbons (Fsp3) is 0.938. The smallest absolute Gasteiger partial charge is 0.317 e. The van der Waals surface area contributed by atoms with Crippen LogP contribution in [0.1, 0.15) is 71.6 Å². The number of rotatable bonds is 5. The number of hydrogen-bond acceptors (Lipinski definition) is 1. The molecule has 2 aliphatic carbocycles. The summed E-state index contributed by atoms with van der Waals surface area (Å²) >= 11 is 0. The Morgan fingerprint density at radius 1 is 1.11 bits per heavy atom. The molecule has 3 nitrogen and oxygen atoms in total. The summed E-state index contributed by atoms with van der Waals surface area (Å²) in [6.45, 7) is 5.41. The number of hydrogen-bond donors (Lipinski definition) is 1. The summed E-state index contributed by atoms with van der Waals surface area (Å²) < 4.78 is 0. The Morgan fingerprint density at radius 3 is 2.26 bits per heavy atom. The van der Waals surface area contributed by atoms with E-state index in [9.17, 15) is 4.79 Å². The maximum Gasteiger partial charge on any atom is 0.317 e. The first-order chi connectivity index (χ1) is 9.16. The summed E-state index contributed by atoms with van der Waals surface area (Å²) in [6.07, 6.45) is 11.0. The topological polar surface area (TPSA) is 32.3 Å². The summed E-state index contributed by atoms with van der Waals surface area (Å²) in [4.78, 5) is 14.7. The highest BCUT2D eigenvalue weighted by Gasteiger charge is 2.28. The second kappa shape index (κ2) is 7.16. The van der Waals surface area contributed by atoms with Crippen molar-refractivity contribution in [2.45, 2.75) is 83.7 Å². The molecule has 0 atom stereocenters. The third-order valence-corrected chi connectivity index (χ3v) is 4.66. The highest BCUT2D eigenvalue weighted by Crippen LogP contribution is 2.25. The standard InChI is InChI=1S/C16H30N2O/c1-13(2)11-12-18(15-9-5-6-10-15)16(19)17-14-7-3-4-8-14/h13-15H,3-12H2,1-2H3,(H,17,19). The molecular formula is C16H30N2O. The molecule has 0 aromatic heterocycles. The van der Waals surface area contributed by atoms with Crippen LogP contribution < -0.4 is 5.32 Å². The molecule has 2 rings (SSSR count). The van der Waals surface area contributed by atoms with Crippen LogP contribution in [0.3, 0.4) is 0 Å². The van der Waals surface area contributed by atoms with E-state index >= 15 is 0 Å². The normalized spacial score (nSPS) is 21.2. The lowest BCUT2D eigenvalue weighted by Crippen LogP contribution is -2.48. The Morgan fingerprint density at radius 2 is 1.68 bits per heavy atom. The van der Waals surface area contributed by atoms with Gasteiger partial charge in [-0.15, -0.1) is 0 Å². The predicted octanol–water partition coefficient (Wildman–Crippen LogP) is 3.93. The average molecular weight is 266 g/mol. The summed E-state index contributed by atoms with van der Waals surface area (Å²) in [5, 5.41) is 3.27. The molecule has 0 saturated heterocycles. The minimum absolute atomic E-state index is 0.208. The van der Waals surface area contributed by atoms with Crippen molar-refractivity contribution in [2.24, 2.45) is 5.92 Å². The number of nitrogens with one attached hydrogen (secondary N) is 1. The fourth-order valence-corrected chi connectivity index (χ4v) is 3.39. The zero-order valence-corrected chi connectivity index (χ0v) is 12.7. The minimum Gasteiger partial charge on any atom is -0.335 e. The van der Waals surface area contributed by atoms with Crippen molar-refractivity contribution in [3.63, 3.8) is 0 Å². The summed E-state index contributed by atoms with van der Waals surface area (Å²) in [5.74, 6) is 0.670. The van der Waals surface area contributed by atoms with Gasteiger partial charge in [0.15, 0.2) is 0 Å². The molecular weight excluding hydrogens is 236 g/mol. The van der Waals surface area contributed by atoms with Gasteiger partial charge in [-0.2, -0.15) is 0 Å². The Labute approximate surface area is 118 Å². The van der Waals surface area contributed by atoms with Crippen LogP contribution in [-0.4, -0.2) is 29.6 Å². The van der Waals surface area contributed by atoms with Crippen LogP contribution >= 0.6 is 0 Å². The molecule has 0 spiro atoms. The molecule has 2 saturated carbocycles. The van der Waals surface area contributed by atoms with E-state index in [0.717, 1.165) is 13.0 Å². The van der Waals surface area contributed by atoms with Gasteiger partial charge in [0, 0.05) is 18.6 Å². The van der Waals surface area contributed by atoms with Crippen molar-refractivity contribution in [2.75, 3.05) is 6.54 Å². The zero-order valence-electron chi connectivity index (χ0n) is 12.7. The van der Waals surface area contributed by atoms with E-state index < -0.39 is 0 Å². The van der Waals surface area contributed by atoms with E-state index in [-0.39, 0.29) is 6.03 Å². The van der Waals surface area contributed by atoms with Crippen molar-refractivity contribution in [1.82, 2.24) is 10.2 Å². The second-order valence-electron chi connectivity index (χ2n) is 6.75. The number of nitrogens with zero attached hydrogens (tertiary/aromatic N) is 1. The molecule has 0 aromatic carbocycles. The van der Waals surface area contributed by atoms with E-state index in [4.69, 9.17) is 0 Å². The van der Waals surface area contributed by atoms with Gasteiger partial charge in [-0.05, 0) is 38.0 Å². The number of carbonyl (C=O) groups excluding carboxylic acids is 1. The zero-order chi connectivity index (χ0) is 13.7. The molecule has 1 N–H and O–H groups in total. The van der Waals surface area contributed by atoms with E-state index in [0.29, 0.717) is 18.0 Å². The van der Waals surface area contributed by atoms with Crippen molar-refractivity contribution >= 4 is 6.03 Å². The molecule has 0 aromatic rings. The Bertz CT molecular complexity index is 278. The average Bonchev–Trinajstić information content (AvgIpc) is 3.01. The number of urea groups is 1. The van der Waals surface area contributed by atoms with Gasteiger partial charge in [0.2, 0.25) is 0 Å². The van der Waals surface area contributed by atoms with Gasteiger partial charge in [-0.3, -0.25) is 0 Å². The molecule has 19 heavy (non-hydrogen) atoms. The van der Waals surface area contributed by atoms with Gasteiger partial charge < -0.3 is 10.2 Å². The van der Waals surface area contributed by atoms with Gasteiger partial charge in [0.25, 0.3) is 0 Å². The lowest BCUT2D eigenvalue weighted by Gasteiger charge is -2.31. The van der Waals surface area contributed by atoms with Gasteiger partial charge in [-0.25, -0.2) is 4.79 Å². The number of amides is 2. The number of carbonyl (C=O) groups is 1. The Balaban J connectivity index is 1.88. The first-order valence-corrected chi connectivity index (χ1v) is 8.24. The van der Waals surface area contributed by atoms with Crippen LogP contribution in [-0.2, 0) is 0 Å². The van der Waals surface area contributed by atoms with Gasteiger partial charge in [0.1, 0.15) is 0 Å². The monoisotopic (exact) mass is 266 g/mol. The van der Waals surface area contributed by atoms with Crippen LogP contribution in [0.2, 0.25) is 0 Å². The third-order valence-electron chi connectivity index (χ3n) is 4.66. The van der Waals surface area contributed by atoms with Crippen molar-refractivity contribution in [3.8, 4) is 0 Å². The Hall–Kier alpha value is -0.730. The fourth-order valence-electron chi connectivity index (χ4n) is 3.39. The molecule has 2 amide bonds. The van der Waals surface area contributed by atoms with Crippen LogP contribution in [0, 0.1) is 5.92 Å². The first kappa shape index (κ1) is 14.7. The van der Waals surface area contributed by atoms with E-state index in [1.54, 1.807) is 0 Å². The molecule has 0 radical (unpaired) electrons. The van der Waals surface area contributed by atoms with E-state index in [2.05, 4.69) is 24.1 Å². The summed E-state index contributed by atoms with van der Waals surface area (Å²) in [6, 6.07) is 1.15. The van der Waals surface area contributed by atoms with E-state index in [1.165, 1.54) is 51.4 Å². The largest absolute Gasteiger partial charge is 0.335 e. The van der Waals surface area contributed by atoms with Gasteiger partial charge in [-0.1, -0.05) is 39.5 Å². The van der Waals surface area contributed by atoms with Crippen LogP contribution in [0.5, 0.6) is 0 Å². The molecule has 2 fully saturated rings. The van der Waals surface area contributed by atoms with Gasteiger partial charge >= 0.3 is 6.03 Å². The van der Waals surface area contributed by atoms with Crippen LogP contribution in [0.15, 0.2) is 0 Å². The molecule has 3 heteroatoms. The third kappa shape index (κ3) is 4.39.